The van der Waals surface area contributed by atoms with Crippen LogP contribution in [0.3, 0.4) is 0 Å². The number of anilines is 1. The average molecular weight is 347 g/mol. The fraction of sp³-hybridized carbons (Fsp3) is 0.632. The summed E-state index contributed by atoms with van der Waals surface area (Å²) in [7, 11) is 1.64. The van der Waals surface area contributed by atoms with Crippen molar-refractivity contribution in [2.75, 3.05) is 51.8 Å². The highest BCUT2D eigenvalue weighted by molar-refractivity contribution is 5.81. The molecule has 3 rings (SSSR count). The van der Waals surface area contributed by atoms with Gasteiger partial charge in [0.05, 0.1) is 32.1 Å². The van der Waals surface area contributed by atoms with Gasteiger partial charge in [-0.2, -0.15) is 0 Å². The van der Waals surface area contributed by atoms with Gasteiger partial charge in [0.15, 0.2) is 0 Å². The largest absolute Gasteiger partial charge is 0.495 e. The zero-order chi connectivity index (χ0) is 17.6. The van der Waals surface area contributed by atoms with E-state index in [1.54, 1.807) is 7.11 Å². The fourth-order valence-electron chi connectivity index (χ4n) is 3.73. The zero-order valence-electron chi connectivity index (χ0n) is 15.2. The number of likely N-dealkylation sites (tertiary alicyclic amines) is 1. The van der Waals surface area contributed by atoms with Crippen LogP contribution < -0.4 is 10.1 Å². The zero-order valence-corrected chi connectivity index (χ0v) is 15.2. The van der Waals surface area contributed by atoms with E-state index in [-0.39, 0.29) is 5.91 Å². The van der Waals surface area contributed by atoms with E-state index in [1.165, 1.54) is 0 Å². The summed E-state index contributed by atoms with van der Waals surface area (Å²) in [6, 6.07) is 8.25. The van der Waals surface area contributed by atoms with Crippen LogP contribution in [0.2, 0.25) is 0 Å². The van der Waals surface area contributed by atoms with E-state index in [9.17, 15) is 4.79 Å². The molecule has 0 radical (unpaired) electrons. The molecule has 0 aromatic heterocycles. The number of carbonyl (C=O) groups excluding carboxylic acids is 1. The first kappa shape index (κ1) is 18.0. The van der Waals surface area contributed by atoms with Gasteiger partial charge in [-0.15, -0.1) is 0 Å². The number of carbonyl (C=O) groups is 1. The minimum absolute atomic E-state index is 0.153. The molecule has 1 aromatic carbocycles. The summed E-state index contributed by atoms with van der Waals surface area (Å²) in [5.41, 5.74) is 0.857. The number of nitrogens with zero attached hydrogens (tertiary/aromatic N) is 2. The summed E-state index contributed by atoms with van der Waals surface area (Å²) < 4.78 is 10.9. The number of ether oxygens (including phenoxy) is 2. The number of para-hydroxylation sites is 2. The number of methoxy groups -OCH3 is 1. The van der Waals surface area contributed by atoms with Crippen molar-refractivity contribution in [3.8, 4) is 5.75 Å². The van der Waals surface area contributed by atoms with Crippen LogP contribution in [0.25, 0.3) is 0 Å². The molecule has 1 atom stereocenters. The maximum absolute atomic E-state index is 12.5. The molecule has 138 valence electrons. The Morgan fingerprint density at radius 3 is 2.76 bits per heavy atom. The predicted molar refractivity (Wildman–Crippen MR) is 98.1 cm³/mol. The molecular formula is C19H29N3O3. The highest BCUT2D eigenvalue weighted by atomic mass is 16.5. The standard InChI is InChI=1S/C19H29N3O3/c1-15-14-22(11-12-25-15)16-7-9-21(10-8-16)19(23)13-20-17-5-3-4-6-18(17)24-2/h3-6,15-16,20H,7-14H2,1-2H3/t15-/m1/s1. The quantitative estimate of drug-likeness (QED) is 0.881. The second-order valence-corrected chi connectivity index (χ2v) is 6.84. The number of piperidine rings is 1. The van der Waals surface area contributed by atoms with Crippen molar-refractivity contribution in [2.24, 2.45) is 0 Å². The van der Waals surface area contributed by atoms with Crippen molar-refractivity contribution in [2.45, 2.75) is 31.9 Å². The SMILES string of the molecule is COc1ccccc1NCC(=O)N1CCC(N2CCO[C@H](C)C2)CC1. The highest BCUT2D eigenvalue weighted by Gasteiger charge is 2.29. The summed E-state index contributed by atoms with van der Waals surface area (Å²) in [6.07, 6.45) is 2.42. The van der Waals surface area contributed by atoms with Gasteiger partial charge in [-0.3, -0.25) is 9.69 Å². The Kier molecular flexibility index (Phi) is 6.15. The number of hydrogen-bond donors (Lipinski definition) is 1. The smallest absolute Gasteiger partial charge is 0.241 e. The Bertz CT molecular complexity index is 573. The second kappa shape index (κ2) is 8.54. The molecule has 2 aliphatic heterocycles. The lowest BCUT2D eigenvalue weighted by Gasteiger charge is -2.41. The third kappa shape index (κ3) is 4.64. The molecule has 0 bridgehead atoms. The molecule has 6 nitrogen and oxygen atoms in total. The highest BCUT2D eigenvalue weighted by Crippen LogP contribution is 2.23. The first-order valence-corrected chi connectivity index (χ1v) is 9.17. The number of morpholine rings is 1. The molecule has 2 aliphatic rings. The van der Waals surface area contributed by atoms with Crippen LogP contribution in [-0.2, 0) is 9.53 Å². The lowest BCUT2D eigenvalue weighted by atomic mass is 10.0. The van der Waals surface area contributed by atoms with E-state index < -0.39 is 0 Å². The Balaban J connectivity index is 1.45. The van der Waals surface area contributed by atoms with E-state index in [1.807, 2.05) is 29.2 Å². The Hall–Kier alpha value is -1.79. The Labute approximate surface area is 150 Å². The van der Waals surface area contributed by atoms with Crippen LogP contribution in [0.1, 0.15) is 19.8 Å². The third-order valence-corrected chi connectivity index (χ3v) is 5.14. The monoisotopic (exact) mass is 347 g/mol. The van der Waals surface area contributed by atoms with Crippen LogP contribution in [-0.4, -0.2) is 74.3 Å². The molecule has 2 fully saturated rings. The van der Waals surface area contributed by atoms with E-state index in [0.717, 1.165) is 57.1 Å². The maximum Gasteiger partial charge on any atom is 0.241 e. The van der Waals surface area contributed by atoms with Gasteiger partial charge < -0.3 is 19.7 Å². The van der Waals surface area contributed by atoms with E-state index in [2.05, 4.69) is 17.1 Å². The van der Waals surface area contributed by atoms with E-state index in [4.69, 9.17) is 9.47 Å². The molecule has 0 saturated carbocycles. The summed E-state index contributed by atoms with van der Waals surface area (Å²) in [5.74, 6) is 0.912. The van der Waals surface area contributed by atoms with Crippen LogP contribution in [0.15, 0.2) is 24.3 Å². The molecule has 0 spiro atoms. The first-order valence-electron chi connectivity index (χ1n) is 9.17. The molecule has 0 unspecified atom stereocenters. The molecule has 2 saturated heterocycles. The van der Waals surface area contributed by atoms with Gasteiger partial charge in [-0.25, -0.2) is 0 Å². The summed E-state index contributed by atoms with van der Waals surface area (Å²) in [5, 5.41) is 3.20. The van der Waals surface area contributed by atoms with E-state index in [0.29, 0.717) is 18.7 Å². The minimum Gasteiger partial charge on any atom is -0.495 e. The summed E-state index contributed by atoms with van der Waals surface area (Å²) >= 11 is 0. The van der Waals surface area contributed by atoms with Crippen molar-refractivity contribution in [3.63, 3.8) is 0 Å². The van der Waals surface area contributed by atoms with Gasteiger partial charge in [-0.05, 0) is 31.9 Å². The van der Waals surface area contributed by atoms with Gasteiger partial charge in [-0.1, -0.05) is 12.1 Å². The number of rotatable bonds is 5. The van der Waals surface area contributed by atoms with Gasteiger partial charge in [0.1, 0.15) is 5.75 Å². The van der Waals surface area contributed by atoms with Gasteiger partial charge in [0.25, 0.3) is 0 Å². The van der Waals surface area contributed by atoms with Crippen molar-refractivity contribution in [1.82, 2.24) is 9.80 Å². The van der Waals surface area contributed by atoms with Crippen LogP contribution in [0.4, 0.5) is 5.69 Å². The lowest BCUT2D eigenvalue weighted by Crippen LogP contribution is -2.52. The molecule has 1 N–H and O–H groups in total. The predicted octanol–water partition coefficient (Wildman–Crippen LogP) is 1.82. The molecular weight excluding hydrogens is 318 g/mol. The average Bonchev–Trinajstić information content (AvgIpc) is 2.66. The first-order chi connectivity index (χ1) is 12.2. The Morgan fingerprint density at radius 2 is 2.04 bits per heavy atom. The number of amides is 1. The van der Waals surface area contributed by atoms with Gasteiger partial charge in [0, 0.05) is 32.2 Å². The molecule has 1 amide bonds. The van der Waals surface area contributed by atoms with Crippen LogP contribution in [0, 0.1) is 0 Å². The molecule has 6 heteroatoms. The van der Waals surface area contributed by atoms with Crippen molar-refractivity contribution >= 4 is 11.6 Å². The van der Waals surface area contributed by atoms with Crippen molar-refractivity contribution < 1.29 is 14.3 Å². The summed E-state index contributed by atoms with van der Waals surface area (Å²) in [4.78, 5) is 17.0. The van der Waals surface area contributed by atoms with Crippen LogP contribution in [0.5, 0.6) is 5.75 Å². The van der Waals surface area contributed by atoms with Gasteiger partial charge >= 0.3 is 0 Å². The second-order valence-electron chi connectivity index (χ2n) is 6.84. The lowest BCUT2D eigenvalue weighted by molar-refractivity contribution is -0.131. The molecule has 2 heterocycles. The minimum atomic E-state index is 0.153. The van der Waals surface area contributed by atoms with Crippen LogP contribution >= 0.6 is 0 Å². The third-order valence-electron chi connectivity index (χ3n) is 5.14. The normalized spacial score (nSPS) is 22.6. The summed E-state index contributed by atoms with van der Waals surface area (Å²) in [6.45, 7) is 6.95. The maximum atomic E-state index is 12.5. The molecule has 1 aromatic rings. The van der Waals surface area contributed by atoms with E-state index >= 15 is 0 Å². The Morgan fingerprint density at radius 1 is 1.28 bits per heavy atom. The number of nitrogens with one attached hydrogen (secondary N) is 1. The van der Waals surface area contributed by atoms with Crippen molar-refractivity contribution in [1.29, 1.82) is 0 Å². The topological polar surface area (TPSA) is 54.0 Å². The fourth-order valence-corrected chi connectivity index (χ4v) is 3.73. The number of hydrogen-bond acceptors (Lipinski definition) is 5. The molecule has 25 heavy (non-hydrogen) atoms. The van der Waals surface area contributed by atoms with Crippen molar-refractivity contribution in [3.05, 3.63) is 24.3 Å². The molecule has 0 aliphatic carbocycles. The number of benzene rings is 1. The van der Waals surface area contributed by atoms with Gasteiger partial charge in [0.2, 0.25) is 5.91 Å².